The van der Waals surface area contributed by atoms with Crippen molar-refractivity contribution in [2.24, 2.45) is 5.73 Å². The number of ether oxygens (including phenoxy) is 4. The van der Waals surface area contributed by atoms with Gasteiger partial charge in [0, 0.05) is 19.6 Å². The maximum Gasteiger partial charge on any atom is 0.407 e. The number of alkyl carbamates (subject to hydrolysis) is 3. The van der Waals surface area contributed by atoms with E-state index in [1.54, 1.807) is 91.0 Å². The number of carboxylic acids is 2. The average Bonchev–Trinajstić information content (AvgIpc) is 0.987. The van der Waals surface area contributed by atoms with E-state index in [2.05, 4.69) is 53.2 Å². The molecule has 0 spiro atoms. The molecule has 11 atom stereocenters. The van der Waals surface area contributed by atoms with E-state index in [-0.39, 0.29) is 39.2 Å². The van der Waals surface area contributed by atoms with Crippen molar-refractivity contribution < 1.29 is 112 Å². The van der Waals surface area contributed by atoms with E-state index < -0.39 is 207 Å². The second-order valence-corrected chi connectivity index (χ2v) is 21.8. The summed E-state index contributed by atoms with van der Waals surface area (Å²) in [6.45, 7) is -0.639. The lowest BCUT2D eigenvalue weighted by molar-refractivity contribution is -0.153. The summed E-state index contributed by atoms with van der Waals surface area (Å²) < 4.78 is 20.8. The molecule has 1 fully saturated rings. The largest absolute Gasteiger partial charge is 0.481 e. The van der Waals surface area contributed by atoms with Gasteiger partial charge in [-0.1, -0.05) is 97.1 Å². The smallest absolute Gasteiger partial charge is 0.407 e. The molecule has 3 unspecified atom stereocenters. The van der Waals surface area contributed by atoms with Gasteiger partial charge in [-0.2, -0.15) is 0 Å². The van der Waals surface area contributed by atoms with Gasteiger partial charge in [0.25, 0.3) is 5.91 Å². The van der Waals surface area contributed by atoms with Crippen LogP contribution in [0.25, 0.3) is 0 Å². The molecule has 0 radical (unpaired) electrons. The highest BCUT2D eigenvalue weighted by Crippen LogP contribution is 2.11. The highest BCUT2D eigenvalue weighted by molar-refractivity contribution is 6.18. The minimum atomic E-state index is -2.91. The molecule has 3 aromatic rings. The van der Waals surface area contributed by atoms with E-state index in [4.69, 9.17) is 36.3 Å². The average molecular weight is 1380 g/mol. The van der Waals surface area contributed by atoms with Crippen LogP contribution in [0.2, 0.25) is 0 Å². The Bertz CT molecular complexity index is 3230. The number of nitrogens with two attached hydrogens (primary N) is 1. The normalized spacial score (nSPS) is 21.9. The summed E-state index contributed by atoms with van der Waals surface area (Å²) in [5.41, 5.74) is 7.18. The van der Waals surface area contributed by atoms with Gasteiger partial charge in [-0.05, 0) is 62.6 Å². The van der Waals surface area contributed by atoms with Gasteiger partial charge in [-0.25, -0.2) is 24.0 Å². The number of nitrogens with one attached hydrogen (secondary N) is 11. The van der Waals surface area contributed by atoms with Crippen LogP contribution in [0.3, 0.4) is 0 Å². The van der Waals surface area contributed by atoms with Crippen LogP contribution in [0, 0.1) is 0 Å². The molecule has 97 heavy (non-hydrogen) atoms. The van der Waals surface area contributed by atoms with Crippen LogP contribution in [0.5, 0.6) is 0 Å². The standard InChI is InChI=1S/C61H79ClN12O23/c1-3-38-50(81)73-46(43(76)28-62)58(90)94-32-37(63)49(80)68-40(22-25-65-60(92)96-30-35-17-9-5-10-18-35)51(82)71-42(27-44(77)78)54(85)69-39(21-13-14-24-64-59(91)95-29-34-15-7-4-8-16-34)52(83)74-47(48(79)57(88)89)56(87)70-41(53(84)72-45(33(2)75)55(86)67-38)23-26-66-61(93)97-31-36-19-11-6-12-20-36/h3-12,15-20,33,37,39-43,45-48,75-76,79H,13-14,21-32,63H2,1-2H3,(H,64,91)(H,65,92)(H,66,93)(H,67,86)(H,68,80)(H,69,85)(H,70,87)(H,71,82)(H,72,84)(H,73,81)(H,74,83)(H,77,78)(H,88,89)/b38-3-/t33-,37-,39?,40+,41?,42-,43+,45-,46?,47-,48-/m0/s1. The summed E-state index contributed by atoms with van der Waals surface area (Å²) in [6, 6.07) is 8.41. The summed E-state index contributed by atoms with van der Waals surface area (Å²) in [7, 11) is 0. The SMILES string of the molecule is C/C=C1\NC(=O)[C@H]([C@H](C)O)NC(=O)C(CCNC(=O)OCc2ccccc2)NC(=O)[C@H]([C@H](O)C(=O)O)NC(=O)C(CCCCNC(=O)OCc2ccccc2)NC(=O)[C@H](CC(=O)O)NC(=O)[C@@H](CCNC(=O)OCc2ccccc2)NC(=O)[C@@H](N)COC(=O)C([C@H](O)CCl)NC1=O. The summed E-state index contributed by atoms with van der Waals surface area (Å²) in [5.74, 6) is -17.5. The first kappa shape index (κ1) is 79.0. The maximum atomic E-state index is 14.5. The number of carbonyl (C=O) groups is 14. The van der Waals surface area contributed by atoms with Crippen molar-refractivity contribution in [3.8, 4) is 0 Å². The first-order valence-corrected chi connectivity index (χ1v) is 30.7. The van der Waals surface area contributed by atoms with Crippen LogP contribution in [0.15, 0.2) is 103 Å². The highest BCUT2D eigenvalue weighted by Gasteiger charge is 2.40. The van der Waals surface area contributed by atoms with E-state index in [0.29, 0.717) is 16.7 Å². The zero-order valence-corrected chi connectivity index (χ0v) is 53.3. The number of unbranched alkanes of at least 4 members (excludes halogenated alkanes) is 1. The third-order valence-electron chi connectivity index (χ3n) is 14.0. The van der Waals surface area contributed by atoms with Gasteiger partial charge in [-0.3, -0.25) is 43.2 Å². The predicted molar refractivity (Wildman–Crippen MR) is 336 cm³/mol. The van der Waals surface area contributed by atoms with E-state index in [1.165, 1.54) is 6.92 Å². The lowest BCUT2D eigenvalue weighted by Crippen LogP contribution is -2.63. The number of aliphatic hydroxyl groups excluding tert-OH is 3. The molecule has 11 amide bonds. The lowest BCUT2D eigenvalue weighted by atomic mass is 10.0. The van der Waals surface area contributed by atoms with E-state index in [0.717, 1.165) is 13.0 Å². The molecule has 0 aromatic heterocycles. The molecule has 528 valence electrons. The van der Waals surface area contributed by atoms with Gasteiger partial charge < -0.3 is 109 Å². The molecule has 0 bridgehead atoms. The predicted octanol–water partition coefficient (Wildman–Crippen LogP) is -3.09. The summed E-state index contributed by atoms with van der Waals surface area (Å²) in [6.07, 6.45) is -11.9. The number of allylic oxidation sites excluding steroid dienone is 1. The number of carbonyl (C=O) groups excluding carboxylic acids is 12. The summed E-state index contributed by atoms with van der Waals surface area (Å²) in [4.78, 5) is 190. The number of cyclic esters (lactones) is 1. The van der Waals surface area contributed by atoms with Crippen molar-refractivity contribution in [3.05, 3.63) is 119 Å². The summed E-state index contributed by atoms with van der Waals surface area (Å²) in [5, 5.41) is 77.2. The number of alkyl halides is 1. The van der Waals surface area contributed by atoms with Crippen LogP contribution >= 0.6 is 11.6 Å². The molecular weight excluding hydrogens is 1300 g/mol. The van der Waals surface area contributed by atoms with E-state index >= 15 is 0 Å². The molecule has 0 aliphatic carbocycles. The quantitative estimate of drug-likeness (QED) is 0.0139. The number of aliphatic carboxylic acids is 2. The van der Waals surface area contributed by atoms with Crippen LogP contribution < -0.4 is 64.2 Å². The Hall–Kier alpha value is -10.5. The monoisotopic (exact) mass is 1380 g/mol. The number of hydrogen-bond acceptors (Lipinski definition) is 22. The zero-order chi connectivity index (χ0) is 71.6. The molecule has 35 nitrogen and oxygen atoms in total. The molecule has 1 saturated heterocycles. The second-order valence-electron chi connectivity index (χ2n) is 21.5. The van der Waals surface area contributed by atoms with Crippen molar-refractivity contribution in [1.29, 1.82) is 0 Å². The number of benzene rings is 3. The third kappa shape index (κ3) is 28.2. The topological polar surface area (TPSA) is 535 Å². The number of carboxylic acid groups (broad SMARTS) is 2. The molecule has 1 heterocycles. The Kier molecular flexibility index (Phi) is 33.7. The zero-order valence-electron chi connectivity index (χ0n) is 52.5. The van der Waals surface area contributed by atoms with Gasteiger partial charge in [0.05, 0.1) is 24.5 Å². The summed E-state index contributed by atoms with van der Waals surface area (Å²) >= 11 is 5.87. The molecule has 3 aromatic carbocycles. The van der Waals surface area contributed by atoms with Gasteiger partial charge in [0.15, 0.2) is 12.1 Å². The van der Waals surface area contributed by atoms with Gasteiger partial charge in [0.1, 0.15) is 74.4 Å². The fraction of sp³-hybridized carbons (Fsp3) is 0.443. The van der Waals surface area contributed by atoms with E-state index in [9.17, 15) is 92.7 Å². The number of rotatable bonds is 24. The first-order valence-electron chi connectivity index (χ1n) is 30.1. The fourth-order valence-corrected chi connectivity index (χ4v) is 8.85. The molecule has 36 heteroatoms. The second kappa shape index (κ2) is 41.4. The molecule has 18 N–H and O–H groups in total. The van der Waals surface area contributed by atoms with Crippen molar-refractivity contribution in [3.63, 3.8) is 0 Å². The van der Waals surface area contributed by atoms with Crippen molar-refractivity contribution in [1.82, 2.24) is 58.5 Å². The lowest BCUT2D eigenvalue weighted by Gasteiger charge is -2.29. The fourth-order valence-electron chi connectivity index (χ4n) is 8.67. The van der Waals surface area contributed by atoms with Crippen LogP contribution in [0.1, 0.15) is 69.1 Å². The minimum absolute atomic E-state index is 0.0110. The van der Waals surface area contributed by atoms with Crippen LogP contribution in [-0.2, 0) is 91.5 Å². The maximum absolute atomic E-state index is 14.5. The Labute approximate surface area is 559 Å². The Morgan fingerprint density at radius 1 is 0.557 bits per heavy atom. The van der Waals surface area contributed by atoms with Gasteiger partial charge in [0.2, 0.25) is 41.4 Å². The Morgan fingerprint density at radius 2 is 0.979 bits per heavy atom. The minimum Gasteiger partial charge on any atom is -0.481 e. The van der Waals surface area contributed by atoms with Crippen molar-refractivity contribution >= 4 is 95.0 Å². The number of hydrogen-bond donors (Lipinski definition) is 17. The number of esters is 1. The third-order valence-corrected chi connectivity index (χ3v) is 14.3. The highest BCUT2D eigenvalue weighted by atomic mass is 35.5. The Balaban J connectivity index is 1.79. The number of amides is 11. The van der Waals surface area contributed by atoms with Crippen molar-refractivity contribution in [2.75, 3.05) is 32.1 Å². The Morgan fingerprint density at radius 3 is 1.43 bits per heavy atom. The van der Waals surface area contributed by atoms with Gasteiger partial charge >= 0.3 is 36.2 Å². The molecule has 1 aliphatic rings. The first-order chi connectivity index (χ1) is 46.2. The van der Waals surface area contributed by atoms with Gasteiger partial charge in [-0.15, -0.1) is 11.6 Å². The molecule has 1 aliphatic heterocycles. The number of aliphatic hydroxyl groups is 3. The van der Waals surface area contributed by atoms with Crippen LogP contribution in [-0.4, -0.2) is 208 Å². The number of halogens is 1. The van der Waals surface area contributed by atoms with Crippen molar-refractivity contribution in [2.45, 2.75) is 139 Å². The molecule has 4 rings (SSSR count). The van der Waals surface area contributed by atoms with Crippen LogP contribution in [0.4, 0.5) is 14.4 Å². The molecule has 0 saturated carbocycles. The molecular formula is C61H79ClN12O23. The van der Waals surface area contributed by atoms with E-state index in [1.807, 2.05) is 5.32 Å².